The Morgan fingerprint density at radius 2 is 1.94 bits per heavy atom. The van der Waals surface area contributed by atoms with Crippen LogP contribution in [-0.2, 0) is 9.47 Å². The van der Waals surface area contributed by atoms with Crippen molar-refractivity contribution in [3.63, 3.8) is 0 Å². The van der Waals surface area contributed by atoms with Gasteiger partial charge < -0.3 is 19.2 Å². The van der Waals surface area contributed by atoms with Crippen molar-refractivity contribution in [2.75, 3.05) is 19.0 Å². The first-order chi connectivity index (χ1) is 15.4. The molecule has 9 nitrogen and oxygen atoms in total. The highest BCUT2D eigenvalue weighted by molar-refractivity contribution is 7.21. The van der Waals surface area contributed by atoms with Crippen LogP contribution in [0.4, 0.5) is 11.7 Å². The molecule has 1 aromatic carbocycles. The number of carbonyl (C=O) groups excluding carboxylic acids is 2. The van der Waals surface area contributed by atoms with Crippen molar-refractivity contribution in [2.45, 2.75) is 20.8 Å². The number of methoxy groups -OCH3 is 1. The number of furan rings is 1. The van der Waals surface area contributed by atoms with Crippen LogP contribution in [0.1, 0.15) is 39.2 Å². The van der Waals surface area contributed by atoms with Gasteiger partial charge in [-0.3, -0.25) is 0 Å². The summed E-state index contributed by atoms with van der Waals surface area (Å²) in [5.41, 5.74) is 1.61. The second kappa shape index (κ2) is 8.75. The lowest BCUT2D eigenvalue weighted by molar-refractivity contribution is 0.0525. The number of esters is 2. The van der Waals surface area contributed by atoms with Gasteiger partial charge in [0.2, 0.25) is 5.88 Å². The molecule has 0 amide bonds. The molecule has 0 aliphatic rings. The zero-order chi connectivity index (χ0) is 22.8. The number of ether oxygens (including phenoxy) is 2. The Morgan fingerprint density at radius 3 is 2.66 bits per heavy atom. The normalized spacial score (nSPS) is 10.9. The first kappa shape index (κ1) is 21.4. The molecule has 0 radical (unpaired) electrons. The van der Waals surface area contributed by atoms with E-state index in [9.17, 15) is 9.59 Å². The summed E-state index contributed by atoms with van der Waals surface area (Å²) in [7, 11) is 1.30. The summed E-state index contributed by atoms with van der Waals surface area (Å²) < 4.78 is 16.9. The lowest BCUT2D eigenvalue weighted by Crippen LogP contribution is -2.11. The van der Waals surface area contributed by atoms with E-state index in [2.05, 4.69) is 20.3 Å². The molecule has 0 fully saturated rings. The molecule has 0 atom stereocenters. The number of hydrogen-bond acceptors (Lipinski definition) is 10. The molecule has 4 rings (SSSR count). The molecule has 0 bridgehead atoms. The predicted molar refractivity (Wildman–Crippen MR) is 119 cm³/mol. The quantitative estimate of drug-likeness (QED) is 0.416. The summed E-state index contributed by atoms with van der Waals surface area (Å²) in [5, 5.41) is 3.61. The number of thiazole rings is 1. The third-order valence-corrected chi connectivity index (χ3v) is 5.67. The molecule has 3 heterocycles. The average Bonchev–Trinajstić information content (AvgIpc) is 3.33. The number of fused-ring (bicyclic) bond motifs is 1. The van der Waals surface area contributed by atoms with Gasteiger partial charge in [-0.15, -0.1) is 11.3 Å². The smallest absolute Gasteiger partial charge is 0.343 e. The van der Waals surface area contributed by atoms with E-state index in [1.54, 1.807) is 20.8 Å². The highest BCUT2D eigenvalue weighted by Gasteiger charge is 2.29. The Hall–Kier alpha value is -3.79. The predicted octanol–water partition coefficient (Wildman–Crippen LogP) is 4.67. The van der Waals surface area contributed by atoms with Crippen LogP contribution in [0.3, 0.4) is 0 Å². The van der Waals surface area contributed by atoms with E-state index in [0.29, 0.717) is 22.2 Å². The van der Waals surface area contributed by atoms with Gasteiger partial charge in [-0.05, 0) is 32.9 Å². The summed E-state index contributed by atoms with van der Waals surface area (Å²) in [4.78, 5) is 38.1. The first-order valence-corrected chi connectivity index (χ1v) is 10.6. The van der Waals surface area contributed by atoms with Crippen molar-refractivity contribution >= 4 is 45.2 Å². The van der Waals surface area contributed by atoms with Crippen molar-refractivity contribution in [1.29, 1.82) is 0 Å². The number of hydrogen-bond donors (Lipinski definition) is 1. The van der Waals surface area contributed by atoms with Crippen molar-refractivity contribution < 1.29 is 23.5 Å². The second-order valence-corrected chi connectivity index (χ2v) is 7.77. The molecular formula is C22H20N4O5S. The molecule has 0 saturated carbocycles. The van der Waals surface area contributed by atoms with Crippen molar-refractivity contribution in [1.82, 2.24) is 15.0 Å². The first-order valence-electron chi connectivity index (χ1n) is 9.78. The highest BCUT2D eigenvalue weighted by atomic mass is 32.1. The number of nitrogens with one attached hydrogen (secondary N) is 1. The third kappa shape index (κ3) is 3.92. The van der Waals surface area contributed by atoms with Crippen LogP contribution >= 0.6 is 11.3 Å². The van der Waals surface area contributed by atoms with Gasteiger partial charge in [-0.25, -0.2) is 24.5 Å². The molecular weight excluding hydrogens is 432 g/mol. The minimum atomic E-state index is -0.576. The Labute approximate surface area is 187 Å². The third-order valence-electron chi connectivity index (χ3n) is 4.62. The van der Waals surface area contributed by atoms with Crippen LogP contribution in [0.15, 0.2) is 34.9 Å². The number of carbonyl (C=O) groups is 2. The molecule has 4 aromatic rings. The van der Waals surface area contributed by atoms with E-state index in [4.69, 9.17) is 13.9 Å². The fourth-order valence-electron chi connectivity index (χ4n) is 3.19. The molecule has 0 aliphatic carbocycles. The minimum absolute atomic E-state index is 0.140. The van der Waals surface area contributed by atoms with Crippen LogP contribution in [0.5, 0.6) is 0 Å². The van der Waals surface area contributed by atoms with Gasteiger partial charge in [-0.1, -0.05) is 12.1 Å². The molecule has 0 unspecified atom stereocenters. The monoisotopic (exact) mass is 452 g/mol. The number of nitrogens with zero attached hydrogens (tertiary/aromatic N) is 3. The number of para-hydroxylation sites is 1. The highest BCUT2D eigenvalue weighted by Crippen LogP contribution is 2.41. The zero-order valence-electron chi connectivity index (χ0n) is 17.9. The van der Waals surface area contributed by atoms with Gasteiger partial charge in [0.1, 0.15) is 27.7 Å². The lowest BCUT2D eigenvalue weighted by Gasteiger charge is -2.10. The fourth-order valence-corrected chi connectivity index (χ4v) is 4.21. The SMILES string of the molecule is CCOC(=O)c1cnc(C)nc1Nc1oc(C)c(C(=O)OC)c1-c1nc2ccccc2s1. The van der Waals surface area contributed by atoms with Crippen LogP contribution in [0, 0.1) is 13.8 Å². The van der Waals surface area contributed by atoms with Gasteiger partial charge in [0.05, 0.1) is 29.5 Å². The molecule has 32 heavy (non-hydrogen) atoms. The largest absolute Gasteiger partial charge is 0.465 e. The van der Waals surface area contributed by atoms with Crippen molar-refractivity contribution in [3.8, 4) is 10.6 Å². The number of rotatable bonds is 6. The van der Waals surface area contributed by atoms with Crippen LogP contribution in [-0.4, -0.2) is 40.6 Å². The van der Waals surface area contributed by atoms with Gasteiger partial charge in [0.15, 0.2) is 5.82 Å². The number of anilines is 2. The molecule has 3 aromatic heterocycles. The van der Waals surface area contributed by atoms with E-state index >= 15 is 0 Å². The Morgan fingerprint density at radius 1 is 1.16 bits per heavy atom. The standard InChI is InChI=1S/C22H20N4O5S/c1-5-30-21(27)13-10-23-12(3)24-18(13)26-19-17(16(11(2)31-19)22(28)29-4)20-25-14-8-6-7-9-15(14)32-20/h6-10H,5H2,1-4H3,(H,23,24,26). The average molecular weight is 452 g/mol. The van der Waals surface area contributed by atoms with Gasteiger partial charge >= 0.3 is 11.9 Å². The van der Waals surface area contributed by atoms with E-state index in [0.717, 1.165) is 10.2 Å². The van der Waals surface area contributed by atoms with E-state index in [1.165, 1.54) is 24.6 Å². The minimum Gasteiger partial charge on any atom is -0.465 e. The maximum Gasteiger partial charge on any atom is 0.343 e. The van der Waals surface area contributed by atoms with Gasteiger partial charge in [0.25, 0.3) is 0 Å². The Kier molecular flexibility index (Phi) is 5.87. The van der Waals surface area contributed by atoms with Crippen LogP contribution in [0.2, 0.25) is 0 Å². The summed E-state index contributed by atoms with van der Waals surface area (Å²) in [6, 6.07) is 7.64. The molecule has 0 saturated heterocycles. The Balaban J connectivity index is 1.88. The summed E-state index contributed by atoms with van der Waals surface area (Å²) in [5.74, 6) is 0.0655. The maximum atomic E-state index is 12.6. The molecule has 0 spiro atoms. The molecule has 10 heteroatoms. The molecule has 1 N–H and O–H groups in total. The topological polar surface area (TPSA) is 116 Å². The Bertz CT molecular complexity index is 1290. The number of aryl methyl sites for hydroxylation is 2. The lowest BCUT2D eigenvalue weighted by atomic mass is 10.1. The van der Waals surface area contributed by atoms with Crippen molar-refractivity contribution in [3.05, 3.63) is 53.2 Å². The van der Waals surface area contributed by atoms with Crippen LogP contribution < -0.4 is 5.32 Å². The summed E-state index contributed by atoms with van der Waals surface area (Å²) in [6.45, 7) is 5.27. The van der Waals surface area contributed by atoms with E-state index in [1.807, 2.05) is 24.3 Å². The fraction of sp³-hybridized carbons (Fsp3) is 0.227. The van der Waals surface area contributed by atoms with Gasteiger partial charge in [-0.2, -0.15) is 0 Å². The second-order valence-electron chi connectivity index (χ2n) is 6.74. The number of benzene rings is 1. The number of aromatic nitrogens is 3. The zero-order valence-corrected chi connectivity index (χ0v) is 18.7. The van der Waals surface area contributed by atoms with E-state index < -0.39 is 11.9 Å². The maximum absolute atomic E-state index is 12.6. The van der Waals surface area contributed by atoms with Gasteiger partial charge in [0, 0.05) is 6.20 Å². The van der Waals surface area contributed by atoms with Crippen LogP contribution in [0.25, 0.3) is 20.8 Å². The summed E-state index contributed by atoms with van der Waals surface area (Å²) >= 11 is 1.41. The molecule has 0 aliphatic heterocycles. The molecule has 164 valence electrons. The van der Waals surface area contributed by atoms with Crippen molar-refractivity contribution in [2.24, 2.45) is 0 Å². The van der Waals surface area contributed by atoms with E-state index in [-0.39, 0.29) is 29.4 Å². The summed E-state index contributed by atoms with van der Waals surface area (Å²) in [6.07, 6.45) is 1.39.